The second kappa shape index (κ2) is 22.3. The minimum atomic E-state index is -0.588. The summed E-state index contributed by atoms with van der Waals surface area (Å²) < 4.78 is 55.1. The first-order valence-corrected chi connectivity index (χ1v) is 28.3. The molecule has 3 aromatic carbocycles. The standard InChI is InChI=1S/C34H33F2N5O2.C26H34N4O6/c1-2-23-25(35)11-9-21-7-3-8-24(27(21)23)30-29(36)31-28-26(37-30)12-10-22-19-42-18-6-17-41(22)32(28)39-33(38-31)43-20-34-13-4-15-40(34)16-5-14-34;1-35-26(34)29-12-8-20(9-13-29)36-16-17-6-10-28(11-7-17)19-2-3-21-18(14-19)15-30(25(21)33)22-4-5-23(31)27-24(22)32/h1,3,7-9,11,22H,4-6,10,12-20H2;2-3,14,17,20,22H,4-13,15-16H2,1H3,(H,27,31,32). The third-order valence-corrected chi connectivity index (χ3v) is 17.9. The fourth-order valence-corrected chi connectivity index (χ4v) is 13.6. The molecule has 2 unspecified atom stereocenters. The van der Waals surface area contributed by atoms with Crippen LogP contribution in [0.15, 0.2) is 48.5 Å². The molecule has 0 bridgehead atoms. The number of ether oxygens (including phenoxy) is 4. The number of imide groups is 1. The second-order valence-corrected chi connectivity index (χ2v) is 22.4. The maximum Gasteiger partial charge on any atom is 0.409 e. The van der Waals surface area contributed by atoms with Crippen LogP contribution in [0, 0.1) is 29.9 Å². The molecule has 10 heterocycles. The van der Waals surface area contributed by atoms with Gasteiger partial charge in [-0.15, -0.1) is 6.42 Å². The van der Waals surface area contributed by atoms with Gasteiger partial charge >= 0.3 is 12.1 Å². The summed E-state index contributed by atoms with van der Waals surface area (Å²) in [6.07, 6.45) is 16.8. The van der Waals surface area contributed by atoms with Gasteiger partial charge in [0.1, 0.15) is 35.5 Å². The number of benzene rings is 3. The maximum atomic E-state index is 16.9. The van der Waals surface area contributed by atoms with Gasteiger partial charge in [-0.25, -0.2) is 18.6 Å². The van der Waals surface area contributed by atoms with E-state index in [9.17, 15) is 23.6 Å². The highest BCUT2D eigenvalue weighted by Crippen LogP contribution is 2.43. The van der Waals surface area contributed by atoms with E-state index in [4.69, 9.17) is 40.3 Å². The Labute approximate surface area is 458 Å². The summed E-state index contributed by atoms with van der Waals surface area (Å²) in [6.45, 7) is 8.99. The monoisotopic (exact) mass is 1080 g/mol. The number of amides is 4. The lowest BCUT2D eigenvalue weighted by molar-refractivity contribution is -0.136. The van der Waals surface area contributed by atoms with E-state index in [0.29, 0.717) is 97.0 Å². The zero-order valence-electron chi connectivity index (χ0n) is 44.8. The number of hydrogen-bond donors (Lipinski definition) is 1. The van der Waals surface area contributed by atoms with Gasteiger partial charge in [0.25, 0.3) is 5.91 Å². The van der Waals surface area contributed by atoms with Gasteiger partial charge in [0.05, 0.1) is 48.0 Å². The minimum absolute atomic E-state index is 0.00280. The van der Waals surface area contributed by atoms with Crippen molar-refractivity contribution in [3.05, 3.63) is 82.5 Å². The Morgan fingerprint density at radius 3 is 2.44 bits per heavy atom. The first-order chi connectivity index (χ1) is 38.5. The molecule has 1 N–H and O–H groups in total. The number of carbonyl (C=O) groups excluding carboxylic acids is 4. The lowest BCUT2D eigenvalue weighted by atomic mass is 9.95. The van der Waals surface area contributed by atoms with E-state index in [-0.39, 0.29) is 70.7 Å². The molecule has 5 aromatic rings. The number of methoxy groups -OCH3 is 1. The number of rotatable bonds is 9. The van der Waals surface area contributed by atoms with Gasteiger partial charge < -0.3 is 38.5 Å². The molecular weight excluding hydrogens is 1010 g/mol. The number of nitrogens with zero attached hydrogens (tertiary/aromatic N) is 8. The van der Waals surface area contributed by atoms with E-state index in [0.717, 1.165) is 115 Å². The largest absolute Gasteiger partial charge is 0.461 e. The molecule has 0 spiro atoms. The molecule has 6 fully saturated rings. The SMILES string of the molecule is C#Cc1c(F)ccc2cccc(-c3nc4c5c(nc(OCC67CCCN6CCC7)nc5c3F)N3CCCOCC3CC4)c12.COC(=O)N1CCC(OCC2CCN(c3ccc4c(c3)CN(C3CCC(=O)NC3=O)C4=O)CC2)CC1. The van der Waals surface area contributed by atoms with Crippen LogP contribution in [0.2, 0.25) is 0 Å². The predicted molar refractivity (Wildman–Crippen MR) is 292 cm³/mol. The van der Waals surface area contributed by atoms with Crippen molar-refractivity contribution in [3.8, 4) is 29.6 Å². The number of terminal acetylenes is 1. The van der Waals surface area contributed by atoms with Crippen LogP contribution >= 0.6 is 0 Å². The zero-order chi connectivity index (χ0) is 54.4. The first-order valence-electron chi connectivity index (χ1n) is 28.3. The number of fused-ring (bicyclic) bond motifs is 5. The molecule has 2 atom stereocenters. The average molecular weight is 1080 g/mol. The van der Waals surface area contributed by atoms with Gasteiger partial charge in [-0.2, -0.15) is 9.97 Å². The number of aryl methyl sites for hydroxylation is 1. The Balaban J connectivity index is 0.000000161. The van der Waals surface area contributed by atoms with Crippen LogP contribution in [0.5, 0.6) is 6.01 Å². The van der Waals surface area contributed by atoms with Gasteiger partial charge in [0.15, 0.2) is 5.82 Å². The summed E-state index contributed by atoms with van der Waals surface area (Å²) in [7, 11) is 1.41. The third kappa shape index (κ3) is 10.2. The molecular formula is C60H67F2N9O8. The average Bonchev–Trinajstić information content (AvgIpc) is 4.13. The van der Waals surface area contributed by atoms with Crippen molar-refractivity contribution < 1.29 is 46.9 Å². The van der Waals surface area contributed by atoms with E-state index in [2.05, 4.69) is 32.0 Å². The Bertz CT molecular complexity index is 3240. The Hall–Kier alpha value is -7.01. The third-order valence-electron chi connectivity index (χ3n) is 17.9. The Morgan fingerprint density at radius 2 is 1.67 bits per heavy atom. The first kappa shape index (κ1) is 52.7. The smallest absolute Gasteiger partial charge is 0.409 e. The lowest BCUT2D eigenvalue weighted by Gasteiger charge is -2.35. The van der Waals surface area contributed by atoms with Crippen molar-refractivity contribution in [1.82, 2.24) is 35.0 Å². The second-order valence-electron chi connectivity index (χ2n) is 22.4. The molecule has 0 saturated carbocycles. The highest BCUT2D eigenvalue weighted by Gasteiger charge is 2.45. The summed E-state index contributed by atoms with van der Waals surface area (Å²) in [4.78, 5) is 73.4. The summed E-state index contributed by atoms with van der Waals surface area (Å²) >= 11 is 0. The number of piperidine rings is 3. The molecule has 17 nitrogen and oxygen atoms in total. The molecule has 414 valence electrons. The highest BCUT2D eigenvalue weighted by molar-refractivity contribution is 6.06. The summed E-state index contributed by atoms with van der Waals surface area (Å²) in [5.74, 6) is 1.73. The number of nitrogens with one attached hydrogen (secondary N) is 1. The van der Waals surface area contributed by atoms with Gasteiger partial charge in [-0.05, 0) is 131 Å². The number of likely N-dealkylation sites (tertiary alicyclic amines) is 1. The van der Waals surface area contributed by atoms with Crippen molar-refractivity contribution in [2.45, 2.75) is 114 Å². The fraction of sp³-hybridized carbons (Fsp3) is 0.517. The number of aromatic nitrogens is 3. The van der Waals surface area contributed by atoms with Crippen molar-refractivity contribution in [3.63, 3.8) is 0 Å². The number of anilines is 2. The number of hydrogen-bond acceptors (Lipinski definition) is 14. The quantitative estimate of drug-likeness (QED) is 0.113. The maximum absolute atomic E-state index is 16.9. The Morgan fingerprint density at radius 1 is 0.861 bits per heavy atom. The molecule has 19 heteroatoms. The minimum Gasteiger partial charge on any atom is -0.461 e. The lowest BCUT2D eigenvalue weighted by Crippen LogP contribution is -2.52. The Kier molecular flexibility index (Phi) is 14.8. The van der Waals surface area contributed by atoms with Crippen LogP contribution in [-0.4, -0.2) is 157 Å². The molecule has 8 aliphatic heterocycles. The topological polar surface area (TPSA) is 172 Å². The van der Waals surface area contributed by atoms with Crippen LogP contribution < -0.4 is 19.9 Å². The van der Waals surface area contributed by atoms with E-state index >= 15 is 4.39 Å². The van der Waals surface area contributed by atoms with Crippen LogP contribution in [0.25, 0.3) is 32.9 Å². The van der Waals surface area contributed by atoms with E-state index in [1.54, 1.807) is 21.9 Å². The van der Waals surface area contributed by atoms with Crippen LogP contribution in [0.1, 0.15) is 104 Å². The van der Waals surface area contributed by atoms with E-state index in [1.165, 1.54) is 13.2 Å². The van der Waals surface area contributed by atoms with Gasteiger partial charge in [0.2, 0.25) is 11.8 Å². The number of pyridine rings is 1. The molecule has 6 saturated heterocycles. The van der Waals surface area contributed by atoms with Crippen molar-refractivity contribution in [1.29, 1.82) is 0 Å². The highest BCUT2D eigenvalue weighted by atomic mass is 19.1. The normalized spacial score (nSPS) is 22.4. The summed E-state index contributed by atoms with van der Waals surface area (Å²) in [5.41, 5.74) is 4.21. The van der Waals surface area contributed by atoms with Crippen molar-refractivity contribution in [2.75, 3.05) is 89.2 Å². The summed E-state index contributed by atoms with van der Waals surface area (Å²) in [6, 6.07) is 14.0. The van der Waals surface area contributed by atoms with Gasteiger partial charge in [-0.3, -0.25) is 24.6 Å². The molecule has 2 aromatic heterocycles. The van der Waals surface area contributed by atoms with Crippen molar-refractivity contribution in [2.24, 2.45) is 5.92 Å². The van der Waals surface area contributed by atoms with Crippen LogP contribution in [0.4, 0.5) is 25.1 Å². The van der Waals surface area contributed by atoms with Gasteiger partial charge in [0, 0.05) is 81.1 Å². The van der Waals surface area contributed by atoms with Crippen LogP contribution in [-0.2, 0) is 36.8 Å². The zero-order valence-corrected chi connectivity index (χ0v) is 44.8. The van der Waals surface area contributed by atoms with Crippen LogP contribution in [0.3, 0.4) is 0 Å². The number of halogens is 2. The van der Waals surface area contributed by atoms with Crippen molar-refractivity contribution >= 4 is 57.0 Å². The molecule has 0 aliphatic carbocycles. The fourth-order valence-electron chi connectivity index (χ4n) is 13.6. The van der Waals surface area contributed by atoms with E-state index in [1.807, 2.05) is 24.3 Å². The molecule has 0 radical (unpaired) electrons. The number of carbonyl (C=O) groups is 4. The van der Waals surface area contributed by atoms with E-state index < -0.39 is 17.7 Å². The molecule has 8 aliphatic rings. The summed E-state index contributed by atoms with van der Waals surface area (Å²) in [5, 5.41) is 4.14. The molecule has 13 rings (SSSR count). The van der Waals surface area contributed by atoms with Gasteiger partial charge in [-0.1, -0.05) is 30.2 Å². The molecule has 79 heavy (non-hydrogen) atoms. The predicted octanol–water partition coefficient (Wildman–Crippen LogP) is 7.56. The molecule has 4 amide bonds.